The number of anilines is 1. The first-order chi connectivity index (χ1) is 8.81. The zero-order valence-electron chi connectivity index (χ0n) is 10.9. The van der Waals surface area contributed by atoms with Gasteiger partial charge in [-0.3, -0.25) is 4.79 Å². The fourth-order valence-corrected chi connectivity index (χ4v) is 2.33. The lowest BCUT2D eigenvalue weighted by atomic mass is 10.1. The lowest BCUT2D eigenvalue weighted by Gasteiger charge is -2.14. The summed E-state index contributed by atoms with van der Waals surface area (Å²) in [4.78, 5) is 12.1. The molecule has 1 N–H and O–H groups in total. The van der Waals surface area contributed by atoms with Gasteiger partial charge in [0.15, 0.2) is 0 Å². The van der Waals surface area contributed by atoms with E-state index in [4.69, 9.17) is 4.74 Å². The molecule has 1 aliphatic rings. The molecule has 0 aliphatic heterocycles. The summed E-state index contributed by atoms with van der Waals surface area (Å²) in [5, 5.41) is 3.00. The second-order valence-corrected chi connectivity index (χ2v) is 4.82. The van der Waals surface area contributed by atoms with Crippen molar-refractivity contribution in [1.82, 2.24) is 0 Å². The summed E-state index contributed by atoms with van der Waals surface area (Å²) in [5.41, 5.74) is 0.794. The molecule has 3 nitrogen and oxygen atoms in total. The Morgan fingerprint density at radius 1 is 1.33 bits per heavy atom. The Bertz CT molecular complexity index is 397. The molecule has 1 aliphatic carbocycles. The average Bonchev–Trinajstić information content (AvgIpc) is 2.91. The van der Waals surface area contributed by atoms with E-state index in [2.05, 4.69) is 12.2 Å². The molecule has 0 radical (unpaired) electrons. The van der Waals surface area contributed by atoms with Gasteiger partial charge in [-0.25, -0.2) is 0 Å². The van der Waals surface area contributed by atoms with Crippen molar-refractivity contribution in [2.75, 3.05) is 11.9 Å². The molecule has 3 heteroatoms. The summed E-state index contributed by atoms with van der Waals surface area (Å²) in [5.74, 6) is 1.09. The lowest BCUT2D eigenvalue weighted by molar-refractivity contribution is -0.119. The first-order valence-electron chi connectivity index (χ1n) is 6.84. The van der Waals surface area contributed by atoms with Gasteiger partial charge in [-0.2, -0.15) is 0 Å². The van der Waals surface area contributed by atoms with Gasteiger partial charge in [-0.1, -0.05) is 31.9 Å². The van der Waals surface area contributed by atoms with Crippen molar-refractivity contribution in [3.8, 4) is 5.75 Å². The van der Waals surface area contributed by atoms with Gasteiger partial charge in [-0.05, 0) is 31.4 Å². The number of amides is 1. The van der Waals surface area contributed by atoms with E-state index < -0.39 is 0 Å². The van der Waals surface area contributed by atoms with Crippen LogP contribution >= 0.6 is 0 Å². The maximum atomic E-state index is 12.1. The fourth-order valence-electron chi connectivity index (χ4n) is 2.33. The van der Waals surface area contributed by atoms with Crippen LogP contribution in [0.1, 0.15) is 39.0 Å². The predicted octanol–water partition coefficient (Wildman–Crippen LogP) is 3.60. The topological polar surface area (TPSA) is 38.3 Å². The Kier molecular flexibility index (Phi) is 4.62. The highest BCUT2D eigenvalue weighted by atomic mass is 16.5. The quantitative estimate of drug-likeness (QED) is 0.863. The van der Waals surface area contributed by atoms with Gasteiger partial charge in [-0.15, -0.1) is 0 Å². The van der Waals surface area contributed by atoms with E-state index in [1.54, 1.807) is 0 Å². The van der Waals surface area contributed by atoms with Crippen molar-refractivity contribution in [3.63, 3.8) is 0 Å². The summed E-state index contributed by atoms with van der Waals surface area (Å²) >= 11 is 0. The van der Waals surface area contributed by atoms with Crippen molar-refractivity contribution in [2.45, 2.75) is 39.0 Å². The molecular weight excluding hydrogens is 226 g/mol. The largest absolute Gasteiger partial charge is 0.491 e. The van der Waals surface area contributed by atoms with Crippen LogP contribution in [0.5, 0.6) is 5.75 Å². The zero-order chi connectivity index (χ0) is 12.8. The van der Waals surface area contributed by atoms with Gasteiger partial charge in [0.2, 0.25) is 5.91 Å². The molecule has 0 aromatic heterocycles. The Balaban J connectivity index is 2.00. The van der Waals surface area contributed by atoms with E-state index in [0.717, 1.165) is 30.7 Å². The molecule has 0 spiro atoms. The van der Waals surface area contributed by atoms with E-state index in [9.17, 15) is 4.79 Å². The first-order valence-corrected chi connectivity index (χ1v) is 6.84. The predicted molar refractivity (Wildman–Crippen MR) is 72.8 cm³/mol. The van der Waals surface area contributed by atoms with Gasteiger partial charge < -0.3 is 10.1 Å². The highest BCUT2D eigenvalue weighted by Crippen LogP contribution is 2.29. The number of nitrogens with one attached hydrogen (secondary N) is 1. The van der Waals surface area contributed by atoms with E-state index in [1.165, 1.54) is 12.8 Å². The number of rotatable bonds is 5. The molecule has 18 heavy (non-hydrogen) atoms. The molecule has 1 amide bonds. The fraction of sp³-hybridized carbons (Fsp3) is 0.533. The number of benzene rings is 1. The van der Waals surface area contributed by atoms with Crippen LogP contribution in [0.3, 0.4) is 0 Å². The second-order valence-electron chi connectivity index (χ2n) is 4.82. The van der Waals surface area contributed by atoms with Crippen LogP contribution in [0.2, 0.25) is 0 Å². The smallest absolute Gasteiger partial charge is 0.227 e. The van der Waals surface area contributed by atoms with Gasteiger partial charge in [0.1, 0.15) is 5.75 Å². The third-order valence-corrected chi connectivity index (χ3v) is 3.33. The minimum Gasteiger partial charge on any atom is -0.491 e. The molecule has 1 fully saturated rings. The summed E-state index contributed by atoms with van der Waals surface area (Å²) in [6, 6.07) is 7.65. The third-order valence-electron chi connectivity index (χ3n) is 3.33. The van der Waals surface area contributed by atoms with Gasteiger partial charge in [0, 0.05) is 5.92 Å². The summed E-state index contributed by atoms with van der Waals surface area (Å²) in [7, 11) is 0. The Morgan fingerprint density at radius 2 is 2.06 bits per heavy atom. The monoisotopic (exact) mass is 247 g/mol. The Hall–Kier alpha value is -1.51. The molecule has 0 bridgehead atoms. The minimum atomic E-state index is 0.139. The van der Waals surface area contributed by atoms with Crippen LogP contribution < -0.4 is 10.1 Å². The van der Waals surface area contributed by atoms with Crippen LogP contribution in [0, 0.1) is 5.92 Å². The third kappa shape index (κ3) is 3.25. The summed E-state index contributed by atoms with van der Waals surface area (Å²) < 4.78 is 5.64. The Morgan fingerprint density at radius 3 is 2.78 bits per heavy atom. The number of para-hydroxylation sites is 2. The SMILES string of the molecule is CCCOc1ccccc1NC(=O)C1CCCC1. The zero-order valence-corrected chi connectivity index (χ0v) is 10.9. The maximum absolute atomic E-state index is 12.1. The molecule has 0 saturated heterocycles. The van der Waals surface area contributed by atoms with Crippen molar-refractivity contribution in [2.24, 2.45) is 5.92 Å². The van der Waals surface area contributed by atoms with E-state index in [1.807, 2.05) is 24.3 Å². The summed E-state index contributed by atoms with van der Waals surface area (Å²) in [6.07, 6.45) is 5.34. The second kappa shape index (κ2) is 6.43. The van der Waals surface area contributed by atoms with Gasteiger partial charge in [0.25, 0.3) is 0 Å². The standard InChI is InChI=1S/C15H21NO2/c1-2-11-18-14-10-6-5-9-13(14)16-15(17)12-7-3-4-8-12/h5-6,9-10,12H,2-4,7-8,11H2,1H3,(H,16,17). The number of hydrogen-bond acceptors (Lipinski definition) is 2. The molecule has 0 unspecified atom stereocenters. The molecule has 0 heterocycles. The molecule has 2 rings (SSSR count). The molecular formula is C15H21NO2. The Labute approximate surface area is 109 Å². The van der Waals surface area contributed by atoms with Crippen molar-refractivity contribution in [3.05, 3.63) is 24.3 Å². The van der Waals surface area contributed by atoms with Crippen molar-refractivity contribution >= 4 is 11.6 Å². The highest BCUT2D eigenvalue weighted by Gasteiger charge is 2.23. The minimum absolute atomic E-state index is 0.139. The average molecular weight is 247 g/mol. The molecule has 98 valence electrons. The van der Waals surface area contributed by atoms with Gasteiger partial charge in [0.05, 0.1) is 12.3 Å². The molecule has 1 saturated carbocycles. The van der Waals surface area contributed by atoms with Crippen molar-refractivity contribution < 1.29 is 9.53 Å². The number of carbonyl (C=O) groups excluding carboxylic acids is 1. The maximum Gasteiger partial charge on any atom is 0.227 e. The molecule has 1 aromatic carbocycles. The van der Waals surface area contributed by atoms with Crippen LogP contribution in [0.4, 0.5) is 5.69 Å². The summed E-state index contributed by atoms with van der Waals surface area (Å²) in [6.45, 7) is 2.75. The van der Waals surface area contributed by atoms with E-state index in [-0.39, 0.29) is 11.8 Å². The number of ether oxygens (including phenoxy) is 1. The lowest BCUT2D eigenvalue weighted by Crippen LogP contribution is -2.20. The van der Waals surface area contributed by atoms with Crippen LogP contribution in [-0.4, -0.2) is 12.5 Å². The van der Waals surface area contributed by atoms with Crippen LogP contribution in [0.15, 0.2) is 24.3 Å². The van der Waals surface area contributed by atoms with Crippen LogP contribution in [0.25, 0.3) is 0 Å². The normalized spacial score (nSPS) is 15.6. The number of carbonyl (C=O) groups is 1. The molecule has 0 atom stereocenters. The van der Waals surface area contributed by atoms with Gasteiger partial charge >= 0.3 is 0 Å². The highest BCUT2D eigenvalue weighted by molar-refractivity contribution is 5.94. The number of hydrogen-bond donors (Lipinski definition) is 1. The van der Waals surface area contributed by atoms with Crippen molar-refractivity contribution in [1.29, 1.82) is 0 Å². The molecule has 1 aromatic rings. The van der Waals surface area contributed by atoms with Crippen LogP contribution in [-0.2, 0) is 4.79 Å². The van der Waals surface area contributed by atoms with E-state index in [0.29, 0.717) is 6.61 Å². The first kappa shape index (κ1) is 12.9. The van der Waals surface area contributed by atoms with E-state index >= 15 is 0 Å².